The van der Waals surface area contributed by atoms with E-state index >= 15 is 0 Å². The van der Waals surface area contributed by atoms with E-state index in [1.807, 2.05) is 25.1 Å². The third-order valence-electron chi connectivity index (χ3n) is 2.43. The maximum atomic E-state index is 5.69. The molecule has 0 radical (unpaired) electrons. The fraction of sp³-hybridized carbons (Fsp3) is 0.286. The van der Waals surface area contributed by atoms with Crippen LogP contribution >= 0.6 is 0 Å². The lowest BCUT2D eigenvalue weighted by Crippen LogP contribution is -2.01. The molecule has 6 heteroatoms. The molecular formula is C14H17N3O3. The van der Waals surface area contributed by atoms with Crippen molar-refractivity contribution in [2.75, 3.05) is 19.5 Å². The second-order valence-corrected chi connectivity index (χ2v) is 4.00. The number of methoxy groups -OCH3 is 1. The first-order chi connectivity index (χ1) is 9.72. The molecule has 0 atom stereocenters. The summed E-state index contributed by atoms with van der Waals surface area (Å²) >= 11 is 0. The Morgan fingerprint density at radius 1 is 1.10 bits per heavy atom. The van der Waals surface area contributed by atoms with Gasteiger partial charge in [0.2, 0.25) is 17.7 Å². The number of anilines is 1. The van der Waals surface area contributed by atoms with Crippen LogP contribution in [0.15, 0.2) is 30.3 Å². The summed E-state index contributed by atoms with van der Waals surface area (Å²) < 4.78 is 16.3. The zero-order chi connectivity index (χ0) is 14.4. The van der Waals surface area contributed by atoms with Crippen LogP contribution in [-0.4, -0.2) is 23.7 Å². The Balaban J connectivity index is 2.23. The number of para-hydroxylation sites is 2. The third kappa shape index (κ3) is 3.50. The number of nitrogen functional groups attached to an aromatic ring is 1. The summed E-state index contributed by atoms with van der Waals surface area (Å²) in [4.78, 5) is 7.91. The van der Waals surface area contributed by atoms with E-state index < -0.39 is 0 Å². The molecule has 0 unspecified atom stereocenters. The SMILES string of the molecule is CCCOc1ccccc1Oc1cc(OC)nc(N)n1. The molecule has 0 saturated heterocycles. The lowest BCUT2D eigenvalue weighted by Gasteiger charge is -2.11. The molecule has 1 heterocycles. The van der Waals surface area contributed by atoms with Crippen LogP contribution in [0.1, 0.15) is 13.3 Å². The average molecular weight is 275 g/mol. The van der Waals surface area contributed by atoms with Crippen molar-refractivity contribution in [3.63, 3.8) is 0 Å². The summed E-state index contributed by atoms with van der Waals surface area (Å²) in [6.07, 6.45) is 0.919. The van der Waals surface area contributed by atoms with Crippen LogP contribution in [-0.2, 0) is 0 Å². The van der Waals surface area contributed by atoms with Gasteiger partial charge in [-0.2, -0.15) is 9.97 Å². The molecule has 0 saturated carbocycles. The van der Waals surface area contributed by atoms with E-state index in [0.717, 1.165) is 6.42 Å². The lowest BCUT2D eigenvalue weighted by molar-refractivity contribution is 0.300. The van der Waals surface area contributed by atoms with Gasteiger partial charge in [-0.15, -0.1) is 0 Å². The molecule has 0 aliphatic heterocycles. The minimum atomic E-state index is 0.0892. The van der Waals surface area contributed by atoms with Gasteiger partial charge in [0.1, 0.15) is 0 Å². The van der Waals surface area contributed by atoms with Crippen LogP contribution < -0.4 is 19.9 Å². The first kappa shape index (κ1) is 13.9. The van der Waals surface area contributed by atoms with Crippen molar-refractivity contribution < 1.29 is 14.2 Å². The quantitative estimate of drug-likeness (QED) is 0.873. The molecule has 0 aliphatic carbocycles. The predicted molar refractivity (Wildman–Crippen MR) is 75.3 cm³/mol. The largest absolute Gasteiger partial charge is 0.490 e. The van der Waals surface area contributed by atoms with Gasteiger partial charge >= 0.3 is 0 Å². The maximum absolute atomic E-state index is 5.69. The van der Waals surface area contributed by atoms with Gasteiger partial charge in [-0.25, -0.2) is 0 Å². The van der Waals surface area contributed by atoms with Crippen LogP contribution in [0.4, 0.5) is 5.95 Å². The first-order valence-electron chi connectivity index (χ1n) is 6.31. The van der Waals surface area contributed by atoms with Crippen molar-refractivity contribution >= 4 is 5.95 Å². The van der Waals surface area contributed by atoms with E-state index in [4.69, 9.17) is 19.9 Å². The predicted octanol–water partition coefficient (Wildman–Crippen LogP) is 2.65. The summed E-state index contributed by atoms with van der Waals surface area (Å²) in [5.74, 6) is 1.97. The molecule has 1 aromatic heterocycles. The number of rotatable bonds is 6. The molecule has 2 N–H and O–H groups in total. The van der Waals surface area contributed by atoms with Gasteiger partial charge in [-0.05, 0) is 18.6 Å². The second kappa shape index (κ2) is 6.60. The number of benzene rings is 1. The zero-order valence-electron chi connectivity index (χ0n) is 11.5. The number of ether oxygens (including phenoxy) is 3. The molecule has 0 aliphatic rings. The van der Waals surface area contributed by atoms with Crippen molar-refractivity contribution in [3.05, 3.63) is 30.3 Å². The Bertz CT molecular complexity index is 575. The molecule has 20 heavy (non-hydrogen) atoms. The average Bonchev–Trinajstić information content (AvgIpc) is 2.45. The number of aromatic nitrogens is 2. The van der Waals surface area contributed by atoms with Crippen LogP contribution in [0.3, 0.4) is 0 Å². The highest BCUT2D eigenvalue weighted by atomic mass is 16.5. The minimum absolute atomic E-state index is 0.0892. The molecular weight excluding hydrogens is 258 g/mol. The van der Waals surface area contributed by atoms with E-state index in [0.29, 0.717) is 29.9 Å². The van der Waals surface area contributed by atoms with Crippen molar-refractivity contribution in [2.24, 2.45) is 0 Å². The molecule has 1 aromatic carbocycles. The summed E-state index contributed by atoms with van der Waals surface area (Å²) in [5.41, 5.74) is 5.59. The third-order valence-corrected chi connectivity index (χ3v) is 2.43. The van der Waals surface area contributed by atoms with Crippen molar-refractivity contribution in [2.45, 2.75) is 13.3 Å². The Morgan fingerprint density at radius 3 is 2.50 bits per heavy atom. The molecule has 106 valence electrons. The normalized spacial score (nSPS) is 10.1. The standard InChI is InChI=1S/C14H17N3O3/c1-3-8-19-10-6-4-5-7-11(10)20-13-9-12(18-2)16-14(15)17-13/h4-7,9H,3,8H2,1-2H3,(H2,15,16,17). The van der Waals surface area contributed by atoms with Gasteiger partial charge < -0.3 is 19.9 Å². The first-order valence-corrected chi connectivity index (χ1v) is 6.31. The lowest BCUT2D eigenvalue weighted by atomic mass is 10.3. The highest BCUT2D eigenvalue weighted by molar-refractivity contribution is 5.42. The van der Waals surface area contributed by atoms with Crippen molar-refractivity contribution in [3.8, 4) is 23.3 Å². The van der Waals surface area contributed by atoms with Crippen LogP contribution in [0.2, 0.25) is 0 Å². The maximum Gasteiger partial charge on any atom is 0.228 e. The zero-order valence-corrected chi connectivity index (χ0v) is 11.5. The van der Waals surface area contributed by atoms with E-state index in [2.05, 4.69) is 9.97 Å². The fourth-order valence-corrected chi connectivity index (χ4v) is 1.56. The monoisotopic (exact) mass is 275 g/mol. The minimum Gasteiger partial charge on any atom is -0.490 e. The Morgan fingerprint density at radius 2 is 1.80 bits per heavy atom. The van der Waals surface area contributed by atoms with Gasteiger partial charge in [0.25, 0.3) is 0 Å². The second-order valence-electron chi connectivity index (χ2n) is 4.00. The van der Waals surface area contributed by atoms with E-state index in [1.165, 1.54) is 7.11 Å². The van der Waals surface area contributed by atoms with Crippen LogP contribution in [0.5, 0.6) is 23.3 Å². The van der Waals surface area contributed by atoms with Crippen LogP contribution in [0, 0.1) is 0 Å². The smallest absolute Gasteiger partial charge is 0.228 e. The summed E-state index contributed by atoms with van der Waals surface area (Å²) in [7, 11) is 1.50. The molecule has 0 fully saturated rings. The van der Waals surface area contributed by atoms with Gasteiger partial charge in [-0.3, -0.25) is 0 Å². The molecule has 0 amide bonds. The van der Waals surface area contributed by atoms with Crippen molar-refractivity contribution in [1.82, 2.24) is 9.97 Å². The van der Waals surface area contributed by atoms with Gasteiger partial charge in [0, 0.05) is 0 Å². The van der Waals surface area contributed by atoms with Gasteiger partial charge in [-0.1, -0.05) is 19.1 Å². The summed E-state index contributed by atoms with van der Waals surface area (Å²) in [5, 5.41) is 0. The molecule has 2 rings (SSSR count). The number of hydrogen-bond acceptors (Lipinski definition) is 6. The molecule has 2 aromatic rings. The Hall–Kier alpha value is -2.50. The van der Waals surface area contributed by atoms with E-state index in [-0.39, 0.29) is 5.95 Å². The Labute approximate surface area is 117 Å². The fourth-order valence-electron chi connectivity index (χ4n) is 1.56. The summed E-state index contributed by atoms with van der Waals surface area (Å²) in [6, 6.07) is 8.94. The molecule has 0 spiro atoms. The molecule has 6 nitrogen and oxygen atoms in total. The molecule has 0 bridgehead atoms. The van der Waals surface area contributed by atoms with Gasteiger partial charge in [0.05, 0.1) is 19.8 Å². The number of hydrogen-bond donors (Lipinski definition) is 1. The number of nitrogens with zero attached hydrogens (tertiary/aromatic N) is 2. The van der Waals surface area contributed by atoms with E-state index in [1.54, 1.807) is 12.1 Å². The highest BCUT2D eigenvalue weighted by Gasteiger charge is 2.09. The highest BCUT2D eigenvalue weighted by Crippen LogP contribution is 2.31. The topological polar surface area (TPSA) is 79.5 Å². The van der Waals surface area contributed by atoms with Gasteiger partial charge in [0.15, 0.2) is 11.5 Å². The Kier molecular flexibility index (Phi) is 4.60. The van der Waals surface area contributed by atoms with E-state index in [9.17, 15) is 0 Å². The van der Waals surface area contributed by atoms with Crippen molar-refractivity contribution in [1.29, 1.82) is 0 Å². The van der Waals surface area contributed by atoms with Crippen LogP contribution in [0.25, 0.3) is 0 Å². The number of nitrogens with two attached hydrogens (primary N) is 1. The summed E-state index contributed by atoms with van der Waals surface area (Å²) in [6.45, 7) is 2.66.